The number of anilines is 1. The quantitative estimate of drug-likeness (QED) is 0.668. The first-order valence-corrected chi connectivity index (χ1v) is 6.39. The lowest BCUT2D eigenvalue weighted by Gasteiger charge is -2.09. The zero-order valence-electron chi connectivity index (χ0n) is 11.5. The average Bonchev–Trinajstić information content (AvgIpc) is 2.46. The van der Waals surface area contributed by atoms with E-state index in [0.29, 0.717) is 6.54 Å². The van der Waals surface area contributed by atoms with E-state index >= 15 is 0 Å². The molecule has 0 saturated heterocycles. The van der Waals surface area contributed by atoms with Crippen LogP contribution in [-0.2, 0) is 13.0 Å². The van der Waals surface area contributed by atoms with Crippen LogP contribution in [0.1, 0.15) is 23.7 Å². The molecule has 6 heteroatoms. The summed E-state index contributed by atoms with van der Waals surface area (Å²) in [5.74, 6) is 0.272. The second-order valence-corrected chi connectivity index (χ2v) is 4.45. The molecule has 104 valence electrons. The van der Waals surface area contributed by atoms with Crippen molar-refractivity contribution >= 4 is 11.5 Å². The maximum atomic E-state index is 11.0. The lowest BCUT2D eigenvalue weighted by Crippen LogP contribution is -2.08. The van der Waals surface area contributed by atoms with Gasteiger partial charge < -0.3 is 5.32 Å². The number of rotatable bonds is 5. The Morgan fingerprint density at radius 2 is 2.20 bits per heavy atom. The Morgan fingerprint density at radius 1 is 1.40 bits per heavy atom. The van der Waals surface area contributed by atoms with E-state index in [9.17, 15) is 10.1 Å². The molecular weight excluding hydrogens is 256 g/mol. The zero-order valence-corrected chi connectivity index (χ0v) is 11.5. The largest absolute Gasteiger partial charge is 0.359 e. The van der Waals surface area contributed by atoms with Gasteiger partial charge in [-0.15, -0.1) is 0 Å². The molecule has 2 aromatic heterocycles. The fourth-order valence-electron chi connectivity index (χ4n) is 1.95. The second-order valence-electron chi connectivity index (χ2n) is 4.45. The highest BCUT2D eigenvalue weighted by atomic mass is 16.6. The minimum atomic E-state index is -0.429. The van der Waals surface area contributed by atoms with Crippen LogP contribution >= 0.6 is 0 Å². The number of pyridine rings is 2. The number of nitro groups is 1. The van der Waals surface area contributed by atoms with Gasteiger partial charge in [0.1, 0.15) is 0 Å². The van der Waals surface area contributed by atoms with Crippen molar-refractivity contribution in [3.05, 3.63) is 57.5 Å². The van der Waals surface area contributed by atoms with Gasteiger partial charge in [0, 0.05) is 18.5 Å². The Bertz CT molecular complexity index is 628. The highest BCUT2D eigenvalue weighted by molar-refractivity contribution is 5.56. The van der Waals surface area contributed by atoms with Crippen LogP contribution < -0.4 is 5.32 Å². The number of hydrogen-bond acceptors (Lipinski definition) is 5. The van der Waals surface area contributed by atoms with E-state index in [4.69, 9.17) is 0 Å². The van der Waals surface area contributed by atoms with Gasteiger partial charge in [-0.25, -0.2) is 4.98 Å². The van der Waals surface area contributed by atoms with Gasteiger partial charge in [0.2, 0.25) is 5.82 Å². The molecule has 6 nitrogen and oxygen atoms in total. The predicted molar refractivity (Wildman–Crippen MR) is 76.6 cm³/mol. The van der Waals surface area contributed by atoms with E-state index in [1.165, 1.54) is 6.07 Å². The number of hydrogen-bond donors (Lipinski definition) is 1. The second kappa shape index (κ2) is 6.10. The topological polar surface area (TPSA) is 81.0 Å². The van der Waals surface area contributed by atoms with Crippen LogP contribution in [0.15, 0.2) is 30.6 Å². The number of nitrogens with one attached hydrogen (secondary N) is 1. The Labute approximate surface area is 117 Å². The third-order valence-corrected chi connectivity index (χ3v) is 2.99. The molecule has 1 N–H and O–H groups in total. The van der Waals surface area contributed by atoms with E-state index in [1.807, 2.05) is 19.1 Å². The minimum Gasteiger partial charge on any atom is -0.359 e. The predicted octanol–water partition coefficient (Wildman–Crippen LogP) is 2.87. The van der Waals surface area contributed by atoms with E-state index in [-0.39, 0.29) is 11.5 Å². The van der Waals surface area contributed by atoms with Gasteiger partial charge in [0.05, 0.1) is 17.2 Å². The SMILES string of the molecule is CCc1cccnc1CNc1ncc(C)cc1[N+](=O)[O-]. The van der Waals surface area contributed by atoms with Gasteiger partial charge >= 0.3 is 5.69 Å². The van der Waals surface area contributed by atoms with Gasteiger partial charge in [-0.1, -0.05) is 13.0 Å². The van der Waals surface area contributed by atoms with Crippen molar-refractivity contribution in [2.45, 2.75) is 26.8 Å². The first kappa shape index (κ1) is 13.9. The lowest BCUT2D eigenvalue weighted by molar-refractivity contribution is -0.384. The molecule has 0 spiro atoms. The van der Waals surface area contributed by atoms with Crippen molar-refractivity contribution < 1.29 is 4.92 Å². The molecule has 0 aliphatic carbocycles. The van der Waals surface area contributed by atoms with E-state index in [1.54, 1.807) is 19.3 Å². The number of aryl methyl sites for hydroxylation is 2. The van der Waals surface area contributed by atoms with Gasteiger partial charge in [0.15, 0.2) is 0 Å². The van der Waals surface area contributed by atoms with Crippen molar-refractivity contribution in [2.75, 3.05) is 5.32 Å². The molecule has 0 radical (unpaired) electrons. The van der Waals surface area contributed by atoms with Gasteiger partial charge in [-0.3, -0.25) is 15.1 Å². The summed E-state index contributed by atoms with van der Waals surface area (Å²) in [7, 11) is 0. The van der Waals surface area contributed by atoms with Crippen LogP contribution in [0.4, 0.5) is 11.5 Å². The third kappa shape index (κ3) is 3.09. The Hall–Kier alpha value is -2.50. The molecular formula is C14H16N4O2. The van der Waals surface area contributed by atoms with Gasteiger partial charge in [-0.05, 0) is 30.5 Å². The summed E-state index contributed by atoms with van der Waals surface area (Å²) in [5.41, 5.74) is 2.75. The Balaban J connectivity index is 2.21. The summed E-state index contributed by atoms with van der Waals surface area (Å²) in [5, 5.41) is 14.0. The summed E-state index contributed by atoms with van der Waals surface area (Å²) in [4.78, 5) is 19.0. The molecule has 0 aliphatic rings. The molecule has 2 heterocycles. The molecule has 2 aromatic rings. The van der Waals surface area contributed by atoms with Crippen LogP contribution in [0.3, 0.4) is 0 Å². The normalized spacial score (nSPS) is 10.3. The van der Waals surface area contributed by atoms with Crippen LogP contribution in [0.2, 0.25) is 0 Å². The summed E-state index contributed by atoms with van der Waals surface area (Å²) in [6.45, 7) is 4.24. The molecule has 0 unspecified atom stereocenters. The summed E-state index contributed by atoms with van der Waals surface area (Å²) in [6, 6.07) is 5.39. The zero-order chi connectivity index (χ0) is 14.5. The third-order valence-electron chi connectivity index (χ3n) is 2.99. The smallest absolute Gasteiger partial charge is 0.311 e. The van der Waals surface area contributed by atoms with Crippen molar-refractivity contribution in [3.63, 3.8) is 0 Å². The lowest BCUT2D eigenvalue weighted by atomic mass is 10.1. The van der Waals surface area contributed by atoms with Crippen molar-refractivity contribution in [1.82, 2.24) is 9.97 Å². The molecule has 0 aromatic carbocycles. The maximum Gasteiger partial charge on any atom is 0.311 e. The monoisotopic (exact) mass is 272 g/mol. The van der Waals surface area contributed by atoms with E-state index < -0.39 is 4.92 Å². The minimum absolute atomic E-state index is 0.0148. The standard InChI is InChI=1S/C14H16N4O2/c1-3-11-5-4-6-15-12(11)9-17-14-13(18(19)20)7-10(2)8-16-14/h4-8H,3,9H2,1-2H3,(H,16,17). The molecule has 0 atom stereocenters. The Kier molecular flexibility index (Phi) is 4.24. The molecule has 0 saturated carbocycles. The highest BCUT2D eigenvalue weighted by Crippen LogP contribution is 2.23. The van der Waals surface area contributed by atoms with Crippen molar-refractivity contribution in [2.24, 2.45) is 0 Å². The summed E-state index contributed by atoms with van der Waals surface area (Å²) >= 11 is 0. The molecule has 0 amide bonds. The summed E-state index contributed by atoms with van der Waals surface area (Å²) in [6.07, 6.45) is 4.19. The van der Waals surface area contributed by atoms with Crippen LogP contribution in [0, 0.1) is 17.0 Å². The average molecular weight is 272 g/mol. The van der Waals surface area contributed by atoms with Gasteiger partial charge in [-0.2, -0.15) is 0 Å². The van der Waals surface area contributed by atoms with Crippen molar-refractivity contribution in [1.29, 1.82) is 0 Å². The van der Waals surface area contributed by atoms with Crippen LogP contribution in [0.5, 0.6) is 0 Å². The number of aromatic nitrogens is 2. The molecule has 20 heavy (non-hydrogen) atoms. The fourth-order valence-corrected chi connectivity index (χ4v) is 1.95. The van der Waals surface area contributed by atoms with Crippen LogP contribution in [0.25, 0.3) is 0 Å². The Morgan fingerprint density at radius 3 is 2.90 bits per heavy atom. The molecule has 2 rings (SSSR count). The van der Waals surface area contributed by atoms with Crippen LogP contribution in [-0.4, -0.2) is 14.9 Å². The molecule has 0 fully saturated rings. The van der Waals surface area contributed by atoms with E-state index in [2.05, 4.69) is 15.3 Å². The maximum absolute atomic E-state index is 11.0. The van der Waals surface area contributed by atoms with Crippen molar-refractivity contribution in [3.8, 4) is 0 Å². The fraction of sp³-hybridized carbons (Fsp3) is 0.286. The first-order chi connectivity index (χ1) is 9.61. The first-order valence-electron chi connectivity index (χ1n) is 6.39. The number of nitrogens with zero attached hydrogens (tertiary/aromatic N) is 3. The van der Waals surface area contributed by atoms with E-state index in [0.717, 1.165) is 23.2 Å². The van der Waals surface area contributed by atoms with Gasteiger partial charge in [0.25, 0.3) is 0 Å². The highest BCUT2D eigenvalue weighted by Gasteiger charge is 2.15. The summed E-state index contributed by atoms with van der Waals surface area (Å²) < 4.78 is 0. The molecule has 0 bridgehead atoms. The molecule has 0 aliphatic heterocycles.